The van der Waals surface area contributed by atoms with E-state index < -0.39 is 16.6 Å². The van der Waals surface area contributed by atoms with Gasteiger partial charge in [-0.05, 0) is 24.1 Å². The summed E-state index contributed by atoms with van der Waals surface area (Å²) in [6.45, 7) is 1.69. The number of rotatable bonds is 4. The zero-order valence-corrected chi connectivity index (χ0v) is 8.60. The lowest BCUT2D eigenvalue weighted by molar-refractivity contribution is -0.386. The van der Waals surface area contributed by atoms with Crippen LogP contribution in [0, 0.1) is 10.1 Å². The van der Waals surface area contributed by atoms with E-state index in [1.54, 1.807) is 6.92 Å². The van der Waals surface area contributed by atoms with Crippen molar-refractivity contribution in [2.45, 2.75) is 19.8 Å². The minimum absolute atomic E-state index is 0.292. The fourth-order valence-electron chi connectivity index (χ4n) is 1.49. The van der Waals surface area contributed by atoms with Gasteiger partial charge >= 0.3 is 5.69 Å². The van der Waals surface area contributed by atoms with Crippen molar-refractivity contribution in [1.82, 2.24) is 0 Å². The van der Waals surface area contributed by atoms with Gasteiger partial charge in [-0.3, -0.25) is 10.1 Å². The second kappa shape index (κ2) is 4.61. The van der Waals surface area contributed by atoms with Crippen LogP contribution in [-0.4, -0.2) is 16.0 Å². The maximum Gasteiger partial charge on any atom is 0.313 e. The number of phenolic OH excluding ortho intramolecular Hbond substituents is 1. The highest BCUT2D eigenvalue weighted by Gasteiger charge is 2.19. The molecule has 86 valence electrons. The van der Waals surface area contributed by atoms with Gasteiger partial charge in [0.05, 0.1) is 4.92 Å². The highest BCUT2D eigenvalue weighted by atomic mass is 16.6. The molecular weight excluding hydrogens is 214 g/mol. The molecule has 6 nitrogen and oxygen atoms in total. The summed E-state index contributed by atoms with van der Waals surface area (Å²) in [7, 11) is 0. The first-order valence-corrected chi connectivity index (χ1v) is 4.64. The van der Waals surface area contributed by atoms with Crippen molar-refractivity contribution < 1.29 is 19.9 Å². The Morgan fingerprint density at radius 2 is 2.12 bits per heavy atom. The van der Waals surface area contributed by atoms with Gasteiger partial charge in [0, 0.05) is 18.0 Å². The van der Waals surface area contributed by atoms with Crippen LogP contribution < -0.4 is 5.11 Å². The van der Waals surface area contributed by atoms with E-state index in [0.29, 0.717) is 17.5 Å². The van der Waals surface area contributed by atoms with Crippen molar-refractivity contribution in [3.05, 3.63) is 33.4 Å². The number of phenols is 1. The van der Waals surface area contributed by atoms with Crippen molar-refractivity contribution in [3.8, 4) is 5.75 Å². The van der Waals surface area contributed by atoms with Crippen LogP contribution in [0.1, 0.15) is 18.1 Å². The Hall–Kier alpha value is -2.11. The minimum Gasteiger partial charge on any atom is -0.550 e. The van der Waals surface area contributed by atoms with E-state index in [1.807, 2.05) is 0 Å². The molecule has 1 rings (SSSR count). The molecule has 0 saturated heterocycles. The zero-order valence-electron chi connectivity index (χ0n) is 8.60. The van der Waals surface area contributed by atoms with E-state index in [2.05, 4.69) is 0 Å². The molecule has 0 spiro atoms. The summed E-state index contributed by atoms with van der Waals surface area (Å²) >= 11 is 0. The summed E-state index contributed by atoms with van der Waals surface area (Å²) in [6.07, 6.45) is -0.0384. The number of carbonyl (C=O) groups is 1. The lowest BCUT2D eigenvalue weighted by Gasteiger charge is -2.07. The van der Waals surface area contributed by atoms with Gasteiger partial charge in [-0.2, -0.15) is 0 Å². The number of nitro groups is 1. The molecule has 0 bridgehead atoms. The maximum atomic E-state index is 10.7. The number of carboxylic acids is 1. The van der Waals surface area contributed by atoms with Gasteiger partial charge in [0.1, 0.15) is 0 Å². The molecule has 1 aromatic rings. The second-order valence-electron chi connectivity index (χ2n) is 3.28. The van der Waals surface area contributed by atoms with E-state index in [-0.39, 0.29) is 12.1 Å². The molecule has 1 N–H and O–H groups in total. The third-order valence-corrected chi connectivity index (χ3v) is 2.14. The first kappa shape index (κ1) is 12.0. The van der Waals surface area contributed by atoms with Crippen molar-refractivity contribution >= 4 is 11.7 Å². The summed E-state index contributed by atoms with van der Waals surface area (Å²) in [6, 6.07) is 2.47. The average Bonchev–Trinajstić information content (AvgIpc) is 2.14. The molecule has 6 heteroatoms. The molecular formula is C10H10NO5-. The van der Waals surface area contributed by atoms with Crippen molar-refractivity contribution in [3.63, 3.8) is 0 Å². The van der Waals surface area contributed by atoms with E-state index in [1.165, 1.54) is 6.07 Å². The van der Waals surface area contributed by atoms with Crippen LogP contribution in [0.25, 0.3) is 0 Å². The highest BCUT2D eigenvalue weighted by molar-refractivity contribution is 5.69. The smallest absolute Gasteiger partial charge is 0.313 e. The Morgan fingerprint density at radius 1 is 1.50 bits per heavy atom. The van der Waals surface area contributed by atoms with Gasteiger partial charge < -0.3 is 15.0 Å². The summed E-state index contributed by atoms with van der Waals surface area (Å²) in [5.41, 5.74) is 0.228. The number of nitro benzene ring substituents is 1. The largest absolute Gasteiger partial charge is 0.550 e. The molecule has 0 atom stereocenters. The molecule has 0 aliphatic carbocycles. The fourth-order valence-corrected chi connectivity index (χ4v) is 1.49. The molecule has 0 aromatic heterocycles. The number of carbonyl (C=O) groups excluding carboxylic acids is 1. The SMILES string of the molecule is CCc1cc(CC(=O)[O-])cc(O)c1[N+](=O)[O-]. The Bertz CT molecular complexity index is 441. The van der Waals surface area contributed by atoms with Gasteiger partial charge in [0.2, 0.25) is 0 Å². The van der Waals surface area contributed by atoms with E-state index in [0.717, 1.165) is 6.07 Å². The zero-order chi connectivity index (χ0) is 12.3. The van der Waals surface area contributed by atoms with Crippen molar-refractivity contribution in [2.75, 3.05) is 0 Å². The third-order valence-electron chi connectivity index (χ3n) is 2.14. The van der Waals surface area contributed by atoms with Gasteiger partial charge in [-0.15, -0.1) is 0 Å². The Kier molecular flexibility index (Phi) is 3.44. The second-order valence-corrected chi connectivity index (χ2v) is 3.28. The first-order valence-electron chi connectivity index (χ1n) is 4.64. The molecule has 1 aromatic carbocycles. The fraction of sp³-hybridized carbons (Fsp3) is 0.300. The van der Waals surface area contributed by atoms with E-state index >= 15 is 0 Å². The predicted molar refractivity (Wildman–Crippen MR) is 52.9 cm³/mol. The van der Waals surface area contributed by atoms with Crippen LogP contribution >= 0.6 is 0 Å². The Labute approximate surface area is 91.3 Å². The van der Waals surface area contributed by atoms with Gasteiger partial charge in [-0.1, -0.05) is 6.92 Å². The van der Waals surface area contributed by atoms with Crippen LogP contribution in [0.5, 0.6) is 5.75 Å². The monoisotopic (exact) mass is 224 g/mol. The first-order chi connectivity index (χ1) is 7.45. The molecule has 16 heavy (non-hydrogen) atoms. The van der Waals surface area contributed by atoms with Gasteiger partial charge in [0.25, 0.3) is 0 Å². The van der Waals surface area contributed by atoms with E-state index in [4.69, 9.17) is 0 Å². The molecule has 0 heterocycles. The van der Waals surface area contributed by atoms with Gasteiger partial charge in [-0.25, -0.2) is 0 Å². The summed E-state index contributed by atoms with van der Waals surface area (Å²) in [5.74, 6) is -1.81. The molecule has 0 aliphatic heterocycles. The van der Waals surface area contributed by atoms with Gasteiger partial charge in [0.15, 0.2) is 5.75 Å². The standard InChI is InChI=1S/C10H11NO5/c1-2-7-3-6(5-9(13)14)4-8(12)10(7)11(15)16/h3-4,12H,2,5H2,1H3,(H,13,14)/p-1. The number of nitrogens with zero attached hydrogens (tertiary/aromatic N) is 1. The number of benzene rings is 1. The average molecular weight is 224 g/mol. The molecule has 0 unspecified atom stereocenters. The normalized spacial score (nSPS) is 10.1. The summed E-state index contributed by atoms with van der Waals surface area (Å²) in [5, 5.41) is 30.5. The minimum atomic E-state index is -1.30. The van der Waals surface area contributed by atoms with Crippen LogP contribution in [0.4, 0.5) is 5.69 Å². The number of aryl methyl sites for hydroxylation is 1. The summed E-state index contributed by atoms with van der Waals surface area (Å²) < 4.78 is 0. The van der Waals surface area contributed by atoms with Crippen LogP contribution in [0.3, 0.4) is 0 Å². The number of aromatic hydroxyl groups is 1. The van der Waals surface area contributed by atoms with Crippen LogP contribution in [0.15, 0.2) is 12.1 Å². The molecule has 0 radical (unpaired) electrons. The van der Waals surface area contributed by atoms with Crippen molar-refractivity contribution in [1.29, 1.82) is 0 Å². The predicted octanol–water partition coefficient (Wildman–Crippen LogP) is 0.155. The lowest BCUT2D eigenvalue weighted by atomic mass is 10.0. The van der Waals surface area contributed by atoms with Crippen LogP contribution in [-0.2, 0) is 17.6 Å². The van der Waals surface area contributed by atoms with Crippen LogP contribution in [0.2, 0.25) is 0 Å². The number of hydrogen-bond donors (Lipinski definition) is 1. The number of aliphatic carboxylic acids is 1. The molecule has 0 saturated carbocycles. The maximum absolute atomic E-state index is 10.7. The topological polar surface area (TPSA) is 104 Å². The Morgan fingerprint density at radius 3 is 2.56 bits per heavy atom. The summed E-state index contributed by atoms with van der Waals surface area (Å²) in [4.78, 5) is 20.3. The highest BCUT2D eigenvalue weighted by Crippen LogP contribution is 2.31. The van der Waals surface area contributed by atoms with E-state index in [9.17, 15) is 25.1 Å². The third kappa shape index (κ3) is 2.47. The molecule has 0 fully saturated rings. The lowest BCUT2D eigenvalue weighted by Crippen LogP contribution is -2.24. The Balaban J connectivity index is 3.26. The molecule has 0 amide bonds. The van der Waals surface area contributed by atoms with Crippen molar-refractivity contribution in [2.24, 2.45) is 0 Å². The number of carboxylic acid groups (broad SMARTS) is 1. The number of hydrogen-bond acceptors (Lipinski definition) is 5. The molecule has 0 aliphatic rings. The quantitative estimate of drug-likeness (QED) is 0.579.